The molecule has 2 aliphatic rings. The number of aliphatic carboxylic acids is 1. The van der Waals surface area contributed by atoms with E-state index in [1.807, 2.05) is 0 Å². The number of benzene rings is 3. The average molecular weight is 687 g/mol. The molecule has 45 heavy (non-hydrogen) atoms. The molecule has 3 N–H and O–H groups in total. The normalized spacial score (nSPS) is 18.0. The van der Waals surface area contributed by atoms with E-state index >= 15 is 0 Å². The maximum absolute atomic E-state index is 13.8. The number of hydrogen-bond donors (Lipinski definition) is 2. The van der Waals surface area contributed by atoms with Gasteiger partial charge in [-0.05, 0) is 23.3 Å². The van der Waals surface area contributed by atoms with Crippen molar-refractivity contribution in [1.29, 1.82) is 0 Å². The number of thioether (sulfide) groups is 2. The fraction of sp³-hybridized carbons (Fsp3) is 0.194. The Kier molecular flexibility index (Phi) is 10.2. The van der Waals surface area contributed by atoms with Gasteiger partial charge in [-0.1, -0.05) is 102 Å². The van der Waals surface area contributed by atoms with E-state index in [2.05, 4.69) is 0 Å². The number of carboxylic acids is 1. The average Bonchev–Trinajstić information content (AvgIpc) is 3.05. The van der Waals surface area contributed by atoms with Crippen molar-refractivity contribution in [3.05, 3.63) is 111 Å². The van der Waals surface area contributed by atoms with E-state index in [0.717, 1.165) is 21.6 Å². The van der Waals surface area contributed by atoms with Crippen LogP contribution in [0.2, 0.25) is 10.0 Å². The summed E-state index contributed by atoms with van der Waals surface area (Å²) in [5, 5.41) is 9.23. The van der Waals surface area contributed by atoms with Crippen molar-refractivity contribution >= 4 is 75.5 Å². The third-order valence-corrected chi connectivity index (χ3v) is 9.99. The number of β-lactam (4-membered cyclic amide) rings is 1. The first kappa shape index (κ1) is 32.6. The van der Waals surface area contributed by atoms with E-state index < -0.39 is 47.8 Å². The number of nitrogens with two attached hydrogens (primary N) is 1. The summed E-state index contributed by atoms with van der Waals surface area (Å²) in [7, 11) is 0. The molecule has 1 fully saturated rings. The van der Waals surface area contributed by atoms with Crippen molar-refractivity contribution in [2.75, 3.05) is 18.1 Å². The molecular formula is C31H25Cl2N3O7S2. The molecule has 0 saturated carbocycles. The van der Waals surface area contributed by atoms with Crippen LogP contribution in [0.3, 0.4) is 0 Å². The van der Waals surface area contributed by atoms with E-state index in [1.54, 1.807) is 66.7 Å². The van der Waals surface area contributed by atoms with Crippen molar-refractivity contribution in [2.24, 2.45) is 5.73 Å². The van der Waals surface area contributed by atoms with E-state index in [9.17, 15) is 29.1 Å². The second-order valence-electron chi connectivity index (χ2n) is 9.88. The van der Waals surface area contributed by atoms with Crippen LogP contribution in [0.5, 0.6) is 5.75 Å². The molecule has 1 unspecified atom stereocenters. The Morgan fingerprint density at radius 2 is 1.62 bits per heavy atom. The first-order valence-electron chi connectivity index (χ1n) is 13.5. The molecule has 3 aromatic rings. The fourth-order valence-electron chi connectivity index (χ4n) is 4.88. The molecule has 3 aromatic carbocycles. The standard InChI is InChI=1S/C31H25Cl2N3O7S2/c32-20-12-7-13-21(33)26(20)43-14-22(37)35(27(38)23(34)17-8-3-1-4-9-17)25-28(39)36-24(30(40)41)19(15-44-29(25)36)16-45-31(42)18-10-5-2-6-11-18/h1-13,23,25,29H,14-16,34H2,(H,40,41)/t23-,25?,29-/m1/s1. The molecular weight excluding hydrogens is 661 g/mol. The quantitative estimate of drug-likeness (QED) is 0.290. The Morgan fingerprint density at radius 3 is 2.24 bits per heavy atom. The number of fused-ring (bicyclic) bond motifs is 1. The highest BCUT2D eigenvalue weighted by atomic mass is 35.5. The molecule has 3 amide bonds. The van der Waals surface area contributed by atoms with Gasteiger partial charge in [0, 0.05) is 17.1 Å². The Morgan fingerprint density at radius 1 is 1.00 bits per heavy atom. The first-order valence-corrected chi connectivity index (χ1v) is 16.2. The molecule has 0 aliphatic carbocycles. The van der Waals surface area contributed by atoms with Crippen molar-refractivity contribution in [2.45, 2.75) is 17.5 Å². The largest absolute Gasteiger partial charge is 0.481 e. The molecule has 0 radical (unpaired) electrons. The summed E-state index contributed by atoms with van der Waals surface area (Å²) in [6.07, 6.45) is 0. The lowest BCUT2D eigenvalue weighted by Gasteiger charge is -2.52. The number of ether oxygens (including phenoxy) is 1. The number of rotatable bonds is 10. The Bertz CT molecular complexity index is 1670. The van der Waals surface area contributed by atoms with Crippen LogP contribution in [0.4, 0.5) is 0 Å². The van der Waals surface area contributed by atoms with E-state index in [1.165, 1.54) is 23.9 Å². The summed E-state index contributed by atoms with van der Waals surface area (Å²) >= 11 is 14.4. The van der Waals surface area contributed by atoms with Gasteiger partial charge in [-0.3, -0.25) is 29.0 Å². The Balaban J connectivity index is 1.41. The van der Waals surface area contributed by atoms with Gasteiger partial charge in [0.25, 0.3) is 17.7 Å². The third-order valence-electron chi connectivity index (χ3n) is 7.08. The van der Waals surface area contributed by atoms with Crippen molar-refractivity contribution < 1.29 is 33.8 Å². The highest BCUT2D eigenvalue weighted by Crippen LogP contribution is 2.44. The van der Waals surface area contributed by atoms with Crippen LogP contribution in [-0.4, -0.2) is 73.2 Å². The van der Waals surface area contributed by atoms with Crippen molar-refractivity contribution in [3.8, 4) is 5.75 Å². The minimum absolute atomic E-state index is 0.0193. The number of carboxylic acid groups (broad SMARTS) is 1. The third kappa shape index (κ3) is 6.75. The summed E-state index contributed by atoms with van der Waals surface area (Å²) < 4.78 is 5.59. The van der Waals surface area contributed by atoms with E-state index in [4.69, 9.17) is 33.7 Å². The van der Waals surface area contributed by atoms with E-state index in [-0.39, 0.29) is 38.1 Å². The number of halogens is 2. The Labute approximate surface area is 276 Å². The van der Waals surface area contributed by atoms with Crippen LogP contribution in [-0.2, 0) is 19.2 Å². The summed E-state index contributed by atoms with van der Waals surface area (Å²) in [5.74, 6) is -3.70. The van der Waals surface area contributed by atoms with Crippen LogP contribution < -0.4 is 10.5 Å². The number of imide groups is 1. The monoisotopic (exact) mass is 685 g/mol. The van der Waals surface area contributed by atoms with Gasteiger partial charge < -0.3 is 15.6 Å². The lowest BCUT2D eigenvalue weighted by atomic mass is 9.99. The zero-order valence-corrected chi connectivity index (χ0v) is 26.4. The summed E-state index contributed by atoms with van der Waals surface area (Å²) in [6.45, 7) is -0.705. The first-order chi connectivity index (χ1) is 21.6. The highest BCUT2D eigenvalue weighted by molar-refractivity contribution is 8.14. The van der Waals surface area contributed by atoms with Crippen LogP contribution in [0, 0.1) is 0 Å². The lowest BCUT2D eigenvalue weighted by Crippen LogP contribution is -2.73. The molecule has 0 aromatic heterocycles. The Hall–Kier alpha value is -3.81. The minimum Gasteiger partial charge on any atom is -0.481 e. The number of carbonyl (C=O) groups excluding carboxylic acids is 4. The van der Waals surface area contributed by atoms with Gasteiger partial charge in [0.05, 0.1) is 10.0 Å². The van der Waals surface area contributed by atoms with Gasteiger partial charge in [0.2, 0.25) is 5.12 Å². The number of nitrogens with zero attached hydrogens (tertiary/aromatic N) is 2. The smallest absolute Gasteiger partial charge is 0.352 e. The summed E-state index contributed by atoms with van der Waals surface area (Å²) in [5.41, 5.74) is 7.24. The van der Waals surface area contributed by atoms with Crippen LogP contribution >= 0.6 is 46.7 Å². The number of amides is 3. The number of para-hydroxylation sites is 1. The number of hydrogen-bond acceptors (Lipinski definition) is 9. The molecule has 2 aliphatic heterocycles. The van der Waals surface area contributed by atoms with Gasteiger partial charge in [-0.15, -0.1) is 11.8 Å². The SMILES string of the molecule is N[C@@H](C(=O)N(C(=O)COc1c(Cl)cccc1Cl)C1C(=O)N2C(C(=O)O)=C(CSC(=O)c3ccccc3)CS[C@H]12)c1ccccc1. The van der Waals surface area contributed by atoms with Gasteiger partial charge >= 0.3 is 5.97 Å². The fourth-order valence-corrected chi connectivity index (χ4v) is 7.75. The van der Waals surface area contributed by atoms with Gasteiger partial charge in [-0.2, -0.15) is 0 Å². The summed E-state index contributed by atoms with van der Waals surface area (Å²) in [6, 6.07) is 18.8. The highest BCUT2D eigenvalue weighted by Gasteiger charge is 2.58. The molecule has 1 saturated heterocycles. The molecule has 0 spiro atoms. The second kappa shape index (κ2) is 14.1. The number of carbonyl (C=O) groups is 5. The zero-order chi connectivity index (χ0) is 32.2. The molecule has 3 atom stereocenters. The predicted molar refractivity (Wildman–Crippen MR) is 172 cm³/mol. The molecule has 10 nitrogen and oxygen atoms in total. The van der Waals surface area contributed by atoms with Crippen LogP contribution in [0.15, 0.2) is 90.1 Å². The van der Waals surface area contributed by atoms with E-state index in [0.29, 0.717) is 16.7 Å². The molecule has 232 valence electrons. The maximum atomic E-state index is 13.8. The van der Waals surface area contributed by atoms with Crippen LogP contribution in [0.25, 0.3) is 0 Å². The lowest BCUT2D eigenvalue weighted by molar-refractivity contribution is -0.167. The van der Waals surface area contributed by atoms with Crippen molar-refractivity contribution in [3.63, 3.8) is 0 Å². The van der Waals surface area contributed by atoms with Crippen molar-refractivity contribution in [1.82, 2.24) is 9.80 Å². The van der Waals surface area contributed by atoms with Gasteiger partial charge in [0.1, 0.15) is 23.2 Å². The minimum atomic E-state index is -1.36. The predicted octanol–water partition coefficient (Wildman–Crippen LogP) is 4.62. The molecule has 5 rings (SSSR count). The molecule has 14 heteroatoms. The zero-order valence-electron chi connectivity index (χ0n) is 23.3. The molecule has 0 bridgehead atoms. The van der Waals surface area contributed by atoms with Gasteiger partial charge in [0.15, 0.2) is 12.4 Å². The second-order valence-corrected chi connectivity index (χ2v) is 12.8. The van der Waals surface area contributed by atoms with Crippen LogP contribution in [0.1, 0.15) is 22.0 Å². The summed E-state index contributed by atoms with van der Waals surface area (Å²) in [4.78, 5) is 68.0. The topological polar surface area (TPSA) is 147 Å². The maximum Gasteiger partial charge on any atom is 0.352 e. The van der Waals surface area contributed by atoms with Gasteiger partial charge in [-0.25, -0.2) is 4.79 Å². The molecule has 2 heterocycles.